The van der Waals surface area contributed by atoms with Gasteiger partial charge in [0.05, 0.1) is 0 Å². The van der Waals surface area contributed by atoms with Crippen LogP contribution in [0.1, 0.15) is 58.8 Å². The maximum absolute atomic E-state index is 3.48. The van der Waals surface area contributed by atoms with E-state index in [1.165, 1.54) is 71.1 Å². The lowest BCUT2D eigenvalue weighted by atomic mass is 9.95. The summed E-state index contributed by atoms with van der Waals surface area (Å²) >= 11 is 0. The highest BCUT2D eigenvalue weighted by atomic mass is 15.2. The third-order valence-corrected chi connectivity index (χ3v) is 5.10. The first-order valence-corrected chi connectivity index (χ1v) is 8.24. The standard InChI is InChI=1S/C16H32N2/c1-3-18(13-15-9-11-17-12-10-15)16-6-4-5-14(2)7-8-16/h14-17H,3-13H2,1-2H3. The lowest BCUT2D eigenvalue weighted by molar-refractivity contribution is 0.145. The number of nitrogens with zero attached hydrogens (tertiary/aromatic N) is 1. The molecule has 1 aliphatic heterocycles. The molecule has 0 aromatic rings. The van der Waals surface area contributed by atoms with Gasteiger partial charge in [0.25, 0.3) is 0 Å². The smallest absolute Gasteiger partial charge is 0.00953 e. The average Bonchev–Trinajstić information content (AvgIpc) is 2.62. The highest BCUT2D eigenvalue weighted by Crippen LogP contribution is 2.27. The molecule has 1 N–H and O–H groups in total. The molecule has 0 bridgehead atoms. The number of rotatable bonds is 4. The normalized spacial score (nSPS) is 31.5. The van der Waals surface area contributed by atoms with Gasteiger partial charge in [-0.05, 0) is 63.6 Å². The Morgan fingerprint density at radius 1 is 1.00 bits per heavy atom. The molecule has 2 atom stereocenters. The molecule has 106 valence electrons. The lowest BCUT2D eigenvalue weighted by Crippen LogP contribution is -2.41. The summed E-state index contributed by atoms with van der Waals surface area (Å²) in [7, 11) is 0. The zero-order valence-electron chi connectivity index (χ0n) is 12.5. The molecule has 1 heterocycles. The van der Waals surface area contributed by atoms with Crippen LogP contribution in [0, 0.1) is 11.8 Å². The second-order valence-corrected chi connectivity index (χ2v) is 6.55. The molecule has 0 amide bonds. The van der Waals surface area contributed by atoms with E-state index in [1.54, 1.807) is 0 Å². The first-order valence-electron chi connectivity index (χ1n) is 8.24. The summed E-state index contributed by atoms with van der Waals surface area (Å²) in [6.45, 7) is 9.88. The Morgan fingerprint density at radius 2 is 1.78 bits per heavy atom. The van der Waals surface area contributed by atoms with Crippen LogP contribution in [0.4, 0.5) is 0 Å². The van der Waals surface area contributed by atoms with Crippen LogP contribution in [-0.2, 0) is 0 Å². The molecule has 1 saturated heterocycles. The molecule has 2 fully saturated rings. The minimum Gasteiger partial charge on any atom is -0.317 e. The van der Waals surface area contributed by atoms with Gasteiger partial charge in [-0.15, -0.1) is 0 Å². The molecule has 2 rings (SSSR count). The van der Waals surface area contributed by atoms with E-state index in [2.05, 4.69) is 24.1 Å². The van der Waals surface area contributed by atoms with Crippen molar-refractivity contribution in [1.82, 2.24) is 10.2 Å². The Labute approximate surface area is 114 Å². The van der Waals surface area contributed by atoms with E-state index in [0.717, 1.165) is 17.9 Å². The highest BCUT2D eigenvalue weighted by Gasteiger charge is 2.24. The molecule has 0 spiro atoms. The van der Waals surface area contributed by atoms with Gasteiger partial charge in [0.15, 0.2) is 0 Å². The quantitative estimate of drug-likeness (QED) is 0.773. The Hall–Kier alpha value is -0.0800. The molecule has 2 aliphatic rings. The number of hydrogen-bond donors (Lipinski definition) is 1. The van der Waals surface area contributed by atoms with E-state index in [1.807, 2.05) is 0 Å². The molecule has 2 unspecified atom stereocenters. The third kappa shape index (κ3) is 4.24. The fraction of sp³-hybridized carbons (Fsp3) is 1.00. The second-order valence-electron chi connectivity index (χ2n) is 6.55. The fourth-order valence-electron chi connectivity index (χ4n) is 3.76. The van der Waals surface area contributed by atoms with Gasteiger partial charge in [0, 0.05) is 12.6 Å². The molecule has 2 nitrogen and oxygen atoms in total. The van der Waals surface area contributed by atoms with Gasteiger partial charge < -0.3 is 10.2 Å². The van der Waals surface area contributed by atoms with Crippen LogP contribution in [0.25, 0.3) is 0 Å². The zero-order chi connectivity index (χ0) is 12.8. The van der Waals surface area contributed by atoms with Gasteiger partial charge in [0.2, 0.25) is 0 Å². The number of piperidine rings is 1. The van der Waals surface area contributed by atoms with Crippen molar-refractivity contribution in [3.63, 3.8) is 0 Å². The van der Waals surface area contributed by atoms with E-state index >= 15 is 0 Å². The van der Waals surface area contributed by atoms with E-state index in [9.17, 15) is 0 Å². The Bertz CT molecular complexity index is 223. The first kappa shape index (κ1) is 14.3. The Balaban J connectivity index is 1.82. The molecule has 1 aliphatic carbocycles. The van der Waals surface area contributed by atoms with Crippen LogP contribution < -0.4 is 5.32 Å². The van der Waals surface area contributed by atoms with Gasteiger partial charge in [-0.3, -0.25) is 0 Å². The predicted octanol–water partition coefficient (Wildman–Crippen LogP) is 3.28. The van der Waals surface area contributed by atoms with Crippen molar-refractivity contribution in [1.29, 1.82) is 0 Å². The summed E-state index contributed by atoms with van der Waals surface area (Å²) in [5, 5.41) is 3.48. The lowest BCUT2D eigenvalue weighted by Gasteiger charge is -2.35. The van der Waals surface area contributed by atoms with Crippen LogP contribution in [0.2, 0.25) is 0 Å². The van der Waals surface area contributed by atoms with Crippen LogP contribution in [0.15, 0.2) is 0 Å². The second kappa shape index (κ2) is 7.49. The molecular weight excluding hydrogens is 220 g/mol. The van der Waals surface area contributed by atoms with Crippen LogP contribution in [0.3, 0.4) is 0 Å². The topological polar surface area (TPSA) is 15.3 Å². The van der Waals surface area contributed by atoms with Crippen LogP contribution in [0.5, 0.6) is 0 Å². The molecule has 18 heavy (non-hydrogen) atoms. The first-order chi connectivity index (χ1) is 8.79. The minimum atomic E-state index is 0.884. The summed E-state index contributed by atoms with van der Waals surface area (Å²) in [6.07, 6.45) is 10.0. The van der Waals surface area contributed by atoms with E-state index in [4.69, 9.17) is 0 Å². The SMILES string of the molecule is CCN(CC1CCNCC1)C1CCCC(C)CC1. The average molecular weight is 252 g/mol. The largest absolute Gasteiger partial charge is 0.317 e. The van der Waals surface area contributed by atoms with Crippen molar-refractivity contribution in [2.24, 2.45) is 11.8 Å². The van der Waals surface area contributed by atoms with Crippen molar-refractivity contribution in [2.75, 3.05) is 26.2 Å². The van der Waals surface area contributed by atoms with Crippen LogP contribution >= 0.6 is 0 Å². The zero-order valence-corrected chi connectivity index (χ0v) is 12.5. The van der Waals surface area contributed by atoms with Gasteiger partial charge in [0.1, 0.15) is 0 Å². The Morgan fingerprint density at radius 3 is 2.50 bits per heavy atom. The highest BCUT2D eigenvalue weighted by molar-refractivity contribution is 4.79. The summed E-state index contributed by atoms with van der Waals surface area (Å²) in [4.78, 5) is 2.80. The monoisotopic (exact) mass is 252 g/mol. The van der Waals surface area contributed by atoms with Gasteiger partial charge in [-0.1, -0.05) is 26.7 Å². The molecule has 0 aromatic heterocycles. The maximum Gasteiger partial charge on any atom is 0.00953 e. The summed E-state index contributed by atoms with van der Waals surface area (Å²) in [5.74, 6) is 1.92. The summed E-state index contributed by atoms with van der Waals surface area (Å²) < 4.78 is 0. The molecule has 0 aromatic carbocycles. The summed E-state index contributed by atoms with van der Waals surface area (Å²) in [6, 6.07) is 0.884. The molecule has 2 heteroatoms. The maximum atomic E-state index is 3.48. The predicted molar refractivity (Wildman–Crippen MR) is 78.9 cm³/mol. The number of nitrogens with one attached hydrogen (secondary N) is 1. The van der Waals surface area contributed by atoms with Crippen LogP contribution in [-0.4, -0.2) is 37.1 Å². The number of hydrogen-bond acceptors (Lipinski definition) is 2. The molecular formula is C16H32N2. The Kier molecular flexibility index (Phi) is 5.97. The van der Waals surface area contributed by atoms with Crippen molar-refractivity contribution in [3.8, 4) is 0 Å². The van der Waals surface area contributed by atoms with Gasteiger partial charge in [-0.2, -0.15) is 0 Å². The molecule has 1 saturated carbocycles. The fourth-order valence-corrected chi connectivity index (χ4v) is 3.76. The van der Waals surface area contributed by atoms with E-state index in [-0.39, 0.29) is 0 Å². The van der Waals surface area contributed by atoms with Crippen molar-refractivity contribution < 1.29 is 0 Å². The van der Waals surface area contributed by atoms with E-state index < -0.39 is 0 Å². The summed E-state index contributed by atoms with van der Waals surface area (Å²) in [5.41, 5.74) is 0. The minimum absolute atomic E-state index is 0.884. The van der Waals surface area contributed by atoms with Crippen molar-refractivity contribution in [3.05, 3.63) is 0 Å². The van der Waals surface area contributed by atoms with Crippen molar-refractivity contribution in [2.45, 2.75) is 64.8 Å². The van der Waals surface area contributed by atoms with Gasteiger partial charge >= 0.3 is 0 Å². The van der Waals surface area contributed by atoms with E-state index in [0.29, 0.717) is 0 Å². The van der Waals surface area contributed by atoms with Gasteiger partial charge in [-0.25, -0.2) is 0 Å². The van der Waals surface area contributed by atoms with Crippen molar-refractivity contribution >= 4 is 0 Å². The third-order valence-electron chi connectivity index (χ3n) is 5.10. The molecule has 0 radical (unpaired) electrons.